The molecule has 1 aliphatic rings. The molecule has 0 aromatic carbocycles. The minimum absolute atomic E-state index is 0.274. The van der Waals surface area contributed by atoms with Gasteiger partial charge in [-0.2, -0.15) is 0 Å². The van der Waals surface area contributed by atoms with E-state index in [0.29, 0.717) is 16.3 Å². The first kappa shape index (κ1) is 13.5. The highest BCUT2D eigenvalue weighted by Crippen LogP contribution is 2.33. The molecule has 6 N–H and O–H groups in total. The van der Waals surface area contributed by atoms with Crippen molar-refractivity contribution in [3.63, 3.8) is 0 Å². The summed E-state index contributed by atoms with van der Waals surface area (Å²) in [6, 6.07) is 0. The molecular formula is C10H13N5O4S. The van der Waals surface area contributed by atoms with Crippen LogP contribution in [0.2, 0.25) is 0 Å². The van der Waals surface area contributed by atoms with E-state index >= 15 is 0 Å². The van der Waals surface area contributed by atoms with Crippen LogP contribution in [0.15, 0.2) is 11.5 Å². The van der Waals surface area contributed by atoms with E-state index < -0.39 is 23.7 Å². The predicted octanol–water partition coefficient (Wildman–Crippen LogP) is -1.53. The largest absolute Gasteiger partial charge is 0.394 e. The number of ether oxygens (including phenoxy) is 1. The Kier molecular flexibility index (Phi) is 3.48. The second-order valence-corrected chi connectivity index (χ2v) is 5.41. The smallest absolute Gasteiger partial charge is 0.183 e. The molecule has 2 aromatic rings. The Labute approximate surface area is 117 Å². The molecule has 20 heavy (non-hydrogen) atoms. The van der Waals surface area contributed by atoms with E-state index in [0.717, 1.165) is 11.8 Å². The van der Waals surface area contributed by atoms with Crippen molar-refractivity contribution < 1.29 is 20.1 Å². The van der Waals surface area contributed by atoms with E-state index in [1.807, 2.05) is 0 Å². The lowest BCUT2D eigenvalue weighted by Gasteiger charge is -2.11. The number of nitrogen functional groups attached to an aromatic ring is 1. The second-order valence-electron chi connectivity index (χ2n) is 4.32. The number of hydrogen-bond acceptors (Lipinski definition) is 9. The average molecular weight is 299 g/mol. The van der Waals surface area contributed by atoms with Gasteiger partial charge in [0.15, 0.2) is 16.6 Å². The van der Waals surface area contributed by atoms with E-state index in [1.165, 1.54) is 6.33 Å². The van der Waals surface area contributed by atoms with Crippen LogP contribution in [0.25, 0.3) is 11.2 Å². The summed E-state index contributed by atoms with van der Waals surface area (Å²) in [5.41, 5.74) is 5.86. The molecule has 9 nitrogen and oxygen atoms in total. The molecule has 0 radical (unpaired) electrons. The molecule has 0 bridgehead atoms. The summed E-state index contributed by atoms with van der Waals surface area (Å²) in [7, 11) is 0. The molecule has 0 aliphatic carbocycles. The molecule has 2 aromatic heterocycles. The van der Waals surface area contributed by atoms with Crippen LogP contribution in [-0.4, -0.2) is 65.6 Å². The molecule has 0 unspecified atom stereocenters. The van der Waals surface area contributed by atoms with Gasteiger partial charge in [-0.25, -0.2) is 15.0 Å². The van der Waals surface area contributed by atoms with Gasteiger partial charge in [-0.3, -0.25) is 0 Å². The Morgan fingerprint density at radius 2 is 2.15 bits per heavy atom. The number of aliphatic hydroxyl groups excluding tert-OH is 3. The Balaban J connectivity index is 1.81. The first-order chi connectivity index (χ1) is 9.60. The zero-order valence-corrected chi connectivity index (χ0v) is 11.0. The van der Waals surface area contributed by atoms with Crippen LogP contribution in [0.5, 0.6) is 0 Å². The van der Waals surface area contributed by atoms with Gasteiger partial charge >= 0.3 is 0 Å². The zero-order valence-electron chi connectivity index (χ0n) is 10.2. The van der Waals surface area contributed by atoms with Crippen molar-refractivity contribution in [1.82, 2.24) is 19.9 Å². The summed E-state index contributed by atoms with van der Waals surface area (Å²) in [4.78, 5) is 14.9. The summed E-state index contributed by atoms with van der Waals surface area (Å²) in [6.07, 6.45) is -1.75. The van der Waals surface area contributed by atoms with Gasteiger partial charge in [-0.05, 0) is 0 Å². The maximum absolute atomic E-state index is 9.85. The molecule has 1 aliphatic heterocycles. The zero-order chi connectivity index (χ0) is 14.3. The molecule has 1 saturated heterocycles. The number of nitrogens with one attached hydrogen (secondary N) is 1. The number of rotatable bonds is 3. The van der Waals surface area contributed by atoms with Crippen molar-refractivity contribution in [2.75, 3.05) is 12.3 Å². The van der Waals surface area contributed by atoms with Crippen molar-refractivity contribution in [1.29, 1.82) is 0 Å². The van der Waals surface area contributed by atoms with E-state index in [2.05, 4.69) is 19.9 Å². The molecule has 3 rings (SSSR count). The first-order valence-electron chi connectivity index (χ1n) is 5.85. The predicted molar refractivity (Wildman–Crippen MR) is 69.7 cm³/mol. The van der Waals surface area contributed by atoms with Crippen molar-refractivity contribution in [3.8, 4) is 0 Å². The number of nitrogens with two attached hydrogens (primary N) is 1. The minimum atomic E-state index is -1.13. The molecule has 4 atom stereocenters. The second kappa shape index (κ2) is 5.14. The number of aliphatic hydroxyl groups is 3. The number of imidazole rings is 1. The molecule has 0 amide bonds. The third-order valence-electron chi connectivity index (χ3n) is 3.02. The normalized spacial score (nSPS) is 30.1. The number of H-pyrrole nitrogens is 1. The number of anilines is 1. The van der Waals surface area contributed by atoms with E-state index in [9.17, 15) is 10.2 Å². The van der Waals surface area contributed by atoms with Gasteiger partial charge < -0.3 is 30.8 Å². The van der Waals surface area contributed by atoms with Crippen molar-refractivity contribution in [2.24, 2.45) is 0 Å². The quantitative estimate of drug-likeness (QED) is 0.454. The Bertz CT molecular complexity index is 623. The SMILES string of the molecule is Nc1ncnc2nc(S[C@H]3O[C@@H](CO)[C@@H](O)[C@H]3O)[nH]c12. The Morgan fingerprint density at radius 3 is 2.80 bits per heavy atom. The molecule has 0 saturated carbocycles. The first-order valence-corrected chi connectivity index (χ1v) is 6.73. The van der Waals surface area contributed by atoms with Crippen LogP contribution in [0, 0.1) is 0 Å². The van der Waals surface area contributed by atoms with Gasteiger partial charge in [0.1, 0.15) is 35.6 Å². The van der Waals surface area contributed by atoms with Crippen molar-refractivity contribution in [2.45, 2.75) is 28.9 Å². The maximum atomic E-state index is 9.85. The fourth-order valence-corrected chi connectivity index (χ4v) is 2.97. The standard InChI is InChI=1S/C10H13N5O4S/c11-7-4-8(13-2-12-7)15-10(14-4)20-9-6(18)5(17)3(1-16)19-9/h2-3,5-6,9,16-18H,1H2,(H3,11,12,13,14,15)/t3-,5+,6+,9+/m0/s1. The van der Waals surface area contributed by atoms with Gasteiger partial charge in [0.2, 0.25) is 0 Å². The number of aromatic amines is 1. The molecule has 3 heterocycles. The summed E-state index contributed by atoms with van der Waals surface area (Å²) >= 11 is 1.08. The van der Waals surface area contributed by atoms with Crippen molar-refractivity contribution in [3.05, 3.63) is 6.33 Å². The Hall–Kier alpha value is -1.46. The highest BCUT2D eigenvalue weighted by molar-refractivity contribution is 7.99. The number of nitrogens with zero attached hydrogens (tertiary/aromatic N) is 3. The van der Waals surface area contributed by atoms with Crippen LogP contribution in [-0.2, 0) is 4.74 Å². The highest BCUT2D eigenvalue weighted by Gasteiger charge is 2.43. The van der Waals surface area contributed by atoms with Gasteiger partial charge in [0.05, 0.1) is 6.61 Å². The van der Waals surface area contributed by atoms with Crippen LogP contribution in [0.3, 0.4) is 0 Å². The third-order valence-corrected chi connectivity index (χ3v) is 4.06. The fraction of sp³-hybridized carbons (Fsp3) is 0.500. The number of hydrogen-bond donors (Lipinski definition) is 5. The van der Waals surface area contributed by atoms with Gasteiger partial charge in [-0.1, -0.05) is 11.8 Å². The van der Waals surface area contributed by atoms with Gasteiger partial charge in [0.25, 0.3) is 0 Å². The van der Waals surface area contributed by atoms with Gasteiger partial charge in [0, 0.05) is 0 Å². The summed E-state index contributed by atoms with van der Waals surface area (Å²) in [6.45, 7) is -0.367. The molecule has 10 heteroatoms. The monoisotopic (exact) mass is 299 g/mol. The van der Waals surface area contributed by atoms with Crippen LogP contribution < -0.4 is 5.73 Å². The number of thioether (sulfide) groups is 1. The van der Waals surface area contributed by atoms with Crippen LogP contribution in [0.1, 0.15) is 0 Å². The third kappa shape index (κ3) is 2.21. The van der Waals surface area contributed by atoms with Gasteiger partial charge in [-0.15, -0.1) is 0 Å². The molecule has 108 valence electrons. The summed E-state index contributed by atoms with van der Waals surface area (Å²) in [5.74, 6) is 0.274. The van der Waals surface area contributed by atoms with E-state index in [-0.39, 0.29) is 12.4 Å². The maximum Gasteiger partial charge on any atom is 0.183 e. The highest BCUT2D eigenvalue weighted by atomic mass is 32.2. The Morgan fingerprint density at radius 1 is 1.35 bits per heavy atom. The topological polar surface area (TPSA) is 150 Å². The van der Waals surface area contributed by atoms with Crippen molar-refractivity contribution >= 4 is 28.7 Å². The lowest BCUT2D eigenvalue weighted by molar-refractivity contribution is -0.00810. The lowest BCUT2D eigenvalue weighted by atomic mass is 10.2. The lowest BCUT2D eigenvalue weighted by Crippen LogP contribution is -2.33. The van der Waals surface area contributed by atoms with E-state index in [1.54, 1.807) is 0 Å². The summed E-state index contributed by atoms with van der Waals surface area (Å²) < 4.78 is 5.35. The number of fused-ring (bicyclic) bond motifs is 1. The number of aromatic nitrogens is 4. The van der Waals surface area contributed by atoms with Crippen LogP contribution in [0.4, 0.5) is 5.82 Å². The fourth-order valence-electron chi connectivity index (χ4n) is 1.95. The molecular weight excluding hydrogens is 286 g/mol. The summed E-state index contributed by atoms with van der Waals surface area (Å²) in [5, 5.41) is 29.0. The van der Waals surface area contributed by atoms with E-state index in [4.69, 9.17) is 15.6 Å². The molecule has 0 spiro atoms. The average Bonchev–Trinajstić information content (AvgIpc) is 2.96. The molecule has 1 fully saturated rings. The van der Waals surface area contributed by atoms with Crippen LogP contribution >= 0.6 is 11.8 Å². The minimum Gasteiger partial charge on any atom is -0.394 e.